The number of amides is 1. The summed E-state index contributed by atoms with van der Waals surface area (Å²) in [5.74, 6) is 0.133. The van der Waals surface area contributed by atoms with E-state index >= 15 is 0 Å². The lowest BCUT2D eigenvalue weighted by Crippen LogP contribution is -2.33. The third-order valence-electron chi connectivity index (χ3n) is 4.48. The minimum atomic E-state index is -4.52. The van der Waals surface area contributed by atoms with Gasteiger partial charge in [0.15, 0.2) is 5.13 Å². The van der Waals surface area contributed by atoms with Crippen LogP contribution in [-0.2, 0) is 6.18 Å². The molecule has 1 amide bonds. The Bertz CT molecular complexity index is 1030. The van der Waals surface area contributed by atoms with Gasteiger partial charge in [0, 0.05) is 18.2 Å². The lowest BCUT2D eigenvalue weighted by molar-refractivity contribution is -0.137. The van der Waals surface area contributed by atoms with Crippen molar-refractivity contribution in [3.63, 3.8) is 0 Å². The number of hydrogen-bond donors (Lipinski definition) is 0. The van der Waals surface area contributed by atoms with Crippen LogP contribution in [0.5, 0.6) is 5.75 Å². The van der Waals surface area contributed by atoms with Gasteiger partial charge in [0.05, 0.1) is 22.9 Å². The molecule has 1 heterocycles. The molecule has 3 rings (SSSR count). The maximum Gasteiger partial charge on any atom is 0.416 e. The number of rotatable bonds is 7. The Balaban J connectivity index is 1.97. The van der Waals surface area contributed by atoms with Crippen molar-refractivity contribution >= 4 is 32.6 Å². The van der Waals surface area contributed by atoms with Crippen molar-refractivity contribution < 1.29 is 22.7 Å². The Morgan fingerprint density at radius 1 is 1.13 bits per heavy atom. The molecule has 0 aliphatic rings. The standard InChI is InChI=1S/C21H22F3N3O2S/c1-26(2)10-5-11-27(19(28)14-6-4-7-15(12-14)21(22,23)24)20-25-17-13-16(29-3)8-9-18(17)30-20/h4,6-9,12-13H,5,10-11H2,1-3H3. The zero-order valence-electron chi connectivity index (χ0n) is 16.9. The number of benzene rings is 2. The van der Waals surface area contributed by atoms with Crippen LogP contribution in [0, 0.1) is 0 Å². The first-order chi connectivity index (χ1) is 14.2. The second kappa shape index (κ2) is 9.01. The number of halogens is 3. The van der Waals surface area contributed by atoms with E-state index in [1.54, 1.807) is 19.2 Å². The fraction of sp³-hybridized carbons (Fsp3) is 0.333. The highest BCUT2D eigenvalue weighted by atomic mass is 32.1. The monoisotopic (exact) mass is 437 g/mol. The predicted octanol–water partition coefficient (Wildman–Crippen LogP) is 4.92. The molecule has 5 nitrogen and oxygen atoms in total. The van der Waals surface area contributed by atoms with Crippen molar-refractivity contribution in [2.45, 2.75) is 12.6 Å². The summed E-state index contributed by atoms with van der Waals surface area (Å²) in [6.45, 7) is 1.06. The summed E-state index contributed by atoms with van der Waals surface area (Å²) in [7, 11) is 5.39. The van der Waals surface area contributed by atoms with Crippen LogP contribution in [-0.4, -0.2) is 50.1 Å². The first-order valence-corrected chi connectivity index (χ1v) is 10.1. The van der Waals surface area contributed by atoms with Gasteiger partial charge in [0.25, 0.3) is 5.91 Å². The molecule has 0 bridgehead atoms. The van der Waals surface area contributed by atoms with Crippen molar-refractivity contribution in [3.8, 4) is 5.75 Å². The van der Waals surface area contributed by atoms with E-state index in [4.69, 9.17) is 4.74 Å². The van der Waals surface area contributed by atoms with Gasteiger partial charge in [0.1, 0.15) is 5.75 Å². The van der Waals surface area contributed by atoms with Crippen molar-refractivity contribution in [2.75, 3.05) is 39.2 Å². The van der Waals surface area contributed by atoms with E-state index in [0.29, 0.717) is 29.4 Å². The minimum absolute atomic E-state index is 0.0217. The number of fused-ring (bicyclic) bond motifs is 1. The van der Waals surface area contributed by atoms with E-state index in [-0.39, 0.29) is 5.56 Å². The zero-order chi connectivity index (χ0) is 21.9. The van der Waals surface area contributed by atoms with Gasteiger partial charge >= 0.3 is 6.18 Å². The lowest BCUT2D eigenvalue weighted by atomic mass is 10.1. The van der Waals surface area contributed by atoms with E-state index < -0.39 is 17.6 Å². The van der Waals surface area contributed by atoms with Crippen LogP contribution in [0.15, 0.2) is 42.5 Å². The molecule has 160 valence electrons. The van der Waals surface area contributed by atoms with Crippen LogP contribution in [0.2, 0.25) is 0 Å². The number of nitrogens with zero attached hydrogens (tertiary/aromatic N) is 3. The maximum absolute atomic E-state index is 13.2. The molecule has 0 atom stereocenters. The number of thiazole rings is 1. The number of methoxy groups -OCH3 is 1. The quantitative estimate of drug-likeness (QED) is 0.526. The van der Waals surface area contributed by atoms with Gasteiger partial charge in [-0.05, 0) is 57.4 Å². The largest absolute Gasteiger partial charge is 0.497 e. The van der Waals surface area contributed by atoms with Crippen LogP contribution >= 0.6 is 11.3 Å². The Hall–Kier alpha value is -2.65. The summed E-state index contributed by atoms with van der Waals surface area (Å²) in [4.78, 5) is 21.2. The Morgan fingerprint density at radius 2 is 1.90 bits per heavy atom. The first kappa shape index (κ1) is 22.0. The molecule has 1 aromatic heterocycles. The van der Waals surface area contributed by atoms with Crippen molar-refractivity contribution in [2.24, 2.45) is 0 Å². The smallest absolute Gasteiger partial charge is 0.416 e. The molecule has 0 spiro atoms. The SMILES string of the molecule is COc1ccc2sc(N(CCCN(C)C)C(=O)c3cccc(C(F)(F)F)c3)nc2c1. The number of carbonyl (C=O) groups is 1. The molecule has 0 saturated carbocycles. The van der Waals surface area contributed by atoms with Crippen molar-refractivity contribution in [1.82, 2.24) is 9.88 Å². The number of alkyl halides is 3. The van der Waals surface area contributed by atoms with E-state index in [1.807, 2.05) is 25.1 Å². The lowest BCUT2D eigenvalue weighted by Gasteiger charge is -2.21. The second-order valence-electron chi connectivity index (χ2n) is 7.02. The number of anilines is 1. The Morgan fingerprint density at radius 3 is 2.57 bits per heavy atom. The van der Waals surface area contributed by atoms with Crippen LogP contribution in [0.25, 0.3) is 10.2 Å². The summed E-state index contributed by atoms with van der Waals surface area (Å²) in [6, 6.07) is 9.90. The van der Waals surface area contributed by atoms with Crippen LogP contribution in [0.1, 0.15) is 22.3 Å². The van der Waals surface area contributed by atoms with Gasteiger partial charge in [0.2, 0.25) is 0 Å². The average molecular weight is 437 g/mol. The molecule has 0 aliphatic carbocycles. The molecule has 0 N–H and O–H groups in total. The Labute approximate surface area is 176 Å². The summed E-state index contributed by atoms with van der Waals surface area (Å²) >= 11 is 1.32. The number of ether oxygens (including phenoxy) is 1. The van der Waals surface area contributed by atoms with Crippen molar-refractivity contribution in [3.05, 3.63) is 53.6 Å². The number of hydrogen-bond acceptors (Lipinski definition) is 5. The minimum Gasteiger partial charge on any atom is -0.497 e. The van der Waals surface area contributed by atoms with Gasteiger partial charge in [-0.15, -0.1) is 0 Å². The topological polar surface area (TPSA) is 45.7 Å². The summed E-state index contributed by atoms with van der Waals surface area (Å²) in [6.07, 6.45) is -3.87. The Kier molecular flexibility index (Phi) is 6.62. The van der Waals surface area contributed by atoms with E-state index in [2.05, 4.69) is 4.98 Å². The molecule has 3 aromatic rings. The fourth-order valence-electron chi connectivity index (χ4n) is 2.95. The molecular formula is C21H22F3N3O2S. The number of carbonyl (C=O) groups excluding carboxylic acids is 1. The van der Waals surface area contributed by atoms with Gasteiger partial charge in [-0.25, -0.2) is 4.98 Å². The maximum atomic E-state index is 13.2. The summed E-state index contributed by atoms with van der Waals surface area (Å²) < 4.78 is 45.4. The molecule has 0 radical (unpaired) electrons. The molecular weight excluding hydrogens is 415 g/mol. The molecule has 0 aliphatic heterocycles. The third-order valence-corrected chi connectivity index (χ3v) is 5.54. The van der Waals surface area contributed by atoms with Crippen molar-refractivity contribution in [1.29, 1.82) is 0 Å². The summed E-state index contributed by atoms with van der Waals surface area (Å²) in [5, 5.41) is 0.444. The highest BCUT2D eigenvalue weighted by molar-refractivity contribution is 7.22. The van der Waals surface area contributed by atoms with Gasteiger partial charge in [-0.3, -0.25) is 9.69 Å². The van der Waals surface area contributed by atoms with Gasteiger partial charge < -0.3 is 9.64 Å². The third kappa shape index (κ3) is 5.09. The van der Waals surface area contributed by atoms with Crippen LogP contribution in [0.3, 0.4) is 0 Å². The zero-order valence-corrected chi connectivity index (χ0v) is 17.7. The molecule has 0 saturated heterocycles. The predicted molar refractivity (Wildman–Crippen MR) is 112 cm³/mol. The normalized spacial score (nSPS) is 11.8. The molecule has 9 heteroatoms. The van der Waals surface area contributed by atoms with Crippen LogP contribution in [0.4, 0.5) is 18.3 Å². The summed E-state index contributed by atoms with van der Waals surface area (Å²) in [5.41, 5.74) is -0.203. The number of aromatic nitrogens is 1. The fourth-order valence-corrected chi connectivity index (χ4v) is 3.92. The molecule has 0 unspecified atom stereocenters. The highest BCUT2D eigenvalue weighted by Crippen LogP contribution is 2.33. The highest BCUT2D eigenvalue weighted by Gasteiger charge is 2.31. The first-order valence-electron chi connectivity index (χ1n) is 9.27. The second-order valence-corrected chi connectivity index (χ2v) is 8.03. The average Bonchev–Trinajstić information content (AvgIpc) is 3.12. The van der Waals surface area contributed by atoms with E-state index in [0.717, 1.165) is 23.4 Å². The van der Waals surface area contributed by atoms with Crippen LogP contribution < -0.4 is 9.64 Å². The van der Waals surface area contributed by atoms with E-state index in [9.17, 15) is 18.0 Å². The van der Waals surface area contributed by atoms with Gasteiger partial charge in [-0.2, -0.15) is 13.2 Å². The van der Waals surface area contributed by atoms with Gasteiger partial charge in [-0.1, -0.05) is 17.4 Å². The molecule has 2 aromatic carbocycles. The van der Waals surface area contributed by atoms with E-state index in [1.165, 1.54) is 28.4 Å². The molecule has 0 fully saturated rings. The molecule has 30 heavy (non-hydrogen) atoms.